The standard InChI is InChI=1S/C60H106O6/c1-4-7-10-13-16-19-22-25-27-29-30-32-33-35-38-41-44-47-50-53-59(62)65-56-57(55-64-58(61)52-49-46-43-40-37-24-21-18-15-12-9-6-3)66-60(63)54-51-48-45-42-39-36-34-31-28-26-23-20-17-14-11-8-5-2/h7,10,16-17,19-20,25-28,57H,4-6,8-9,11-15,18,21-24,29-56H2,1-3H3/b10-7-,19-16-,20-17-,27-25-,28-26-. The maximum absolute atomic E-state index is 12.8. The summed E-state index contributed by atoms with van der Waals surface area (Å²) in [5.74, 6) is -0.880. The largest absolute Gasteiger partial charge is 0.462 e. The number of ether oxygens (including phenoxy) is 3. The van der Waals surface area contributed by atoms with Crippen LogP contribution in [0.5, 0.6) is 0 Å². The number of hydrogen-bond acceptors (Lipinski definition) is 6. The van der Waals surface area contributed by atoms with Crippen LogP contribution < -0.4 is 0 Å². The Hall–Kier alpha value is -2.89. The first-order valence-electron chi connectivity index (χ1n) is 28.3. The molecule has 1 atom stereocenters. The van der Waals surface area contributed by atoms with Crippen molar-refractivity contribution in [2.75, 3.05) is 13.2 Å². The van der Waals surface area contributed by atoms with Crippen molar-refractivity contribution in [1.82, 2.24) is 0 Å². The third kappa shape index (κ3) is 52.1. The molecule has 0 amide bonds. The van der Waals surface area contributed by atoms with E-state index in [0.717, 1.165) is 89.9 Å². The Morgan fingerprint density at radius 3 is 0.955 bits per heavy atom. The molecule has 0 spiro atoms. The van der Waals surface area contributed by atoms with E-state index in [1.54, 1.807) is 0 Å². The summed E-state index contributed by atoms with van der Waals surface area (Å²) < 4.78 is 16.9. The average molecular weight is 924 g/mol. The Labute approximate surface area is 409 Å². The molecular weight excluding hydrogens is 817 g/mol. The lowest BCUT2D eigenvalue weighted by Gasteiger charge is -2.18. The van der Waals surface area contributed by atoms with Crippen molar-refractivity contribution in [3.05, 3.63) is 60.8 Å². The van der Waals surface area contributed by atoms with Gasteiger partial charge in [-0.05, 0) is 83.5 Å². The van der Waals surface area contributed by atoms with Crippen molar-refractivity contribution in [1.29, 1.82) is 0 Å². The van der Waals surface area contributed by atoms with Gasteiger partial charge < -0.3 is 14.2 Å². The van der Waals surface area contributed by atoms with E-state index in [1.807, 2.05) is 0 Å². The molecule has 0 radical (unpaired) electrons. The van der Waals surface area contributed by atoms with E-state index in [4.69, 9.17) is 14.2 Å². The summed E-state index contributed by atoms with van der Waals surface area (Å²) >= 11 is 0. The summed E-state index contributed by atoms with van der Waals surface area (Å²) in [5.41, 5.74) is 0. The van der Waals surface area contributed by atoms with E-state index in [-0.39, 0.29) is 31.1 Å². The van der Waals surface area contributed by atoms with Gasteiger partial charge >= 0.3 is 17.9 Å². The Bertz CT molecular complexity index is 1200. The van der Waals surface area contributed by atoms with Crippen LogP contribution in [0.4, 0.5) is 0 Å². The fourth-order valence-corrected chi connectivity index (χ4v) is 8.02. The molecule has 0 aromatic carbocycles. The van der Waals surface area contributed by atoms with Crippen molar-refractivity contribution in [3.8, 4) is 0 Å². The van der Waals surface area contributed by atoms with E-state index in [9.17, 15) is 14.4 Å². The lowest BCUT2D eigenvalue weighted by atomic mass is 10.0. The summed E-state index contributed by atoms with van der Waals surface area (Å²) in [7, 11) is 0. The summed E-state index contributed by atoms with van der Waals surface area (Å²) in [6.07, 6.45) is 67.7. The lowest BCUT2D eigenvalue weighted by Crippen LogP contribution is -2.30. The van der Waals surface area contributed by atoms with Crippen LogP contribution in [0.1, 0.15) is 284 Å². The van der Waals surface area contributed by atoms with Gasteiger partial charge in [0.2, 0.25) is 0 Å². The Kier molecular flexibility index (Phi) is 52.3. The number of hydrogen-bond donors (Lipinski definition) is 0. The van der Waals surface area contributed by atoms with Crippen LogP contribution in [0.3, 0.4) is 0 Å². The number of unbranched alkanes of at least 4 members (excludes halogenated alkanes) is 30. The fourth-order valence-electron chi connectivity index (χ4n) is 8.02. The minimum absolute atomic E-state index is 0.0766. The number of carbonyl (C=O) groups excluding carboxylic acids is 3. The smallest absolute Gasteiger partial charge is 0.306 e. The maximum Gasteiger partial charge on any atom is 0.306 e. The van der Waals surface area contributed by atoms with Crippen molar-refractivity contribution in [2.24, 2.45) is 0 Å². The number of esters is 3. The highest BCUT2D eigenvalue weighted by Gasteiger charge is 2.19. The van der Waals surface area contributed by atoms with Crippen molar-refractivity contribution < 1.29 is 28.6 Å². The molecule has 0 aliphatic carbocycles. The molecule has 0 rings (SSSR count). The van der Waals surface area contributed by atoms with Gasteiger partial charge in [-0.15, -0.1) is 0 Å². The molecule has 6 nitrogen and oxygen atoms in total. The molecular formula is C60H106O6. The van der Waals surface area contributed by atoms with Gasteiger partial charge in [-0.2, -0.15) is 0 Å². The Morgan fingerprint density at radius 1 is 0.318 bits per heavy atom. The van der Waals surface area contributed by atoms with E-state index in [2.05, 4.69) is 81.5 Å². The van der Waals surface area contributed by atoms with Crippen molar-refractivity contribution >= 4 is 17.9 Å². The summed E-state index contributed by atoms with van der Waals surface area (Å²) in [6.45, 7) is 6.51. The highest BCUT2D eigenvalue weighted by Crippen LogP contribution is 2.16. The molecule has 0 N–H and O–H groups in total. The Morgan fingerprint density at radius 2 is 0.591 bits per heavy atom. The molecule has 1 unspecified atom stereocenters. The summed E-state index contributed by atoms with van der Waals surface area (Å²) in [4.78, 5) is 38.1. The van der Waals surface area contributed by atoms with Crippen LogP contribution >= 0.6 is 0 Å². The lowest BCUT2D eigenvalue weighted by molar-refractivity contribution is -0.167. The predicted octanol–water partition coefficient (Wildman–Crippen LogP) is 18.8. The molecule has 382 valence electrons. The van der Waals surface area contributed by atoms with E-state index in [0.29, 0.717) is 19.3 Å². The number of allylic oxidation sites excluding steroid dienone is 10. The van der Waals surface area contributed by atoms with Crippen LogP contribution in [-0.4, -0.2) is 37.2 Å². The van der Waals surface area contributed by atoms with Gasteiger partial charge in [0.1, 0.15) is 13.2 Å². The zero-order valence-electron chi connectivity index (χ0n) is 43.7. The zero-order valence-corrected chi connectivity index (χ0v) is 43.7. The molecule has 0 heterocycles. The minimum atomic E-state index is -0.778. The van der Waals surface area contributed by atoms with Gasteiger partial charge in [0.25, 0.3) is 0 Å². The molecule has 66 heavy (non-hydrogen) atoms. The van der Waals surface area contributed by atoms with Crippen LogP contribution in [0.15, 0.2) is 60.8 Å². The Balaban J connectivity index is 4.35. The molecule has 6 heteroatoms. The predicted molar refractivity (Wildman–Crippen MR) is 284 cm³/mol. The van der Waals surface area contributed by atoms with Gasteiger partial charge in [0, 0.05) is 19.3 Å². The maximum atomic E-state index is 12.8. The van der Waals surface area contributed by atoms with Crippen molar-refractivity contribution in [2.45, 2.75) is 290 Å². The molecule has 0 fully saturated rings. The molecule has 0 aromatic heterocycles. The van der Waals surface area contributed by atoms with E-state index in [1.165, 1.54) is 154 Å². The monoisotopic (exact) mass is 923 g/mol. The quantitative estimate of drug-likeness (QED) is 0.0262. The summed E-state index contributed by atoms with van der Waals surface area (Å²) in [5, 5.41) is 0. The first kappa shape index (κ1) is 63.1. The topological polar surface area (TPSA) is 78.9 Å². The molecule has 0 saturated heterocycles. The zero-order chi connectivity index (χ0) is 47.9. The molecule has 0 aliphatic heterocycles. The third-order valence-corrected chi connectivity index (χ3v) is 12.3. The van der Waals surface area contributed by atoms with Crippen LogP contribution in [0.2, 0.25) is 0 Å². The first-order chi connectivity index (χ1) is 32.5. The highest BCUT2D eigenvalue weighted by molar-refractivity contribution is 5.71. The second-order valence-electron chi connectivity index (χ2n) is 18.8. The fraction of sp³-hybridized carbons (Fsp3) is 0.783. The molecule has 0 aromatic rings. The van der Waals surface area contributed by atoms with Gasteiger partial charge in [0.15, 0.2) is 6.10 Å². The normalized spacial score (nSPS) is 12.5. The van der Waals surface area contributed by atoms with E-state index >= 15 is 0 Å². The SMILES string of the molecule is CC/C=C\C/C=C\C/C=C\CCCCCCCCCCCC(=O)OCC(COC(=O)CCCCCCCCCCCCCC)OC(=O)CCCCCCCCC/C=C\C/C=C\CCCCC. The van der Waals surface area contributed by atoms with Crippen LogP contribution in [0, 0.1) is 0 Å². The van der Waals surface area contributed by atoms with Crippen LogP contribution in [0.25, 0.3) is 0 Å². The van der Waals surface area contributed by atoms with Gasteiger partial charge in [0.05, 0.1) is 0 Å². The van der Waals surface area contributed by atoms with Gasteiger partial charge in [-0.25, -0.2) is 0 Å². The number of carbonyl (C=O) groups is 3. The summed E-state index contributed by atoms with van der Waals surface area (Å²) in [6, 6.07) is 0. The van der Waals surface area contributed by atoms with Gasteiger partial charge in [-0.1, -0.05) is 242 Å². The van der Waals surface area contributed by atoms with Crippen LogP contribution in [-0.2, 0) is 28.6 Å². The van der Waals surface area contributed by atoms with Crippen molar-refractivity contribution in [3.63, 3.8) is 0 Å². The second-order valence-corrected chi connectivity index (χ2v) is 18.8. The first-order valence-corrected chi connectivity index (χ1v) is 28.3. The molecule has 0 bridgehead atoms. The third-order valence-electron chi connectivity index (χ3n) is 12.3. The molecule has 0 saturated carbocycles. The second kappa shape index (κ2) is 54.7. The minimum Gasteiger partial charge on any atom is -0.462 e. The van der Waals surface area contributed by atoms with Gasteiger partial charge in [-0.3, -0.25) is 14.4 Å². The average Bonchev–Trinajstić information content (AvgIpc) is 3.31. The van der Waals surface area contributed by atoms with E-state index < -0.39 is 6.10 Å². The number of rotatable bonds is 51. The highest BCUT2D eigenvalue weighted by atomic mass is 16.6. The molecule has 0 aliphatic rings.